The molecule has 0 unspecified atom stereocenters. The number of nitrogens with zero attached hydrogens (tertiary/aromatic N) is 3. The first-order valence-electron chi connectivity index (χ1n) is 8.73. The van der Waals surface area contributed by atoms with Gasteiger partial charge in [-0.3, -0.25) is 0 Å². The molecule has 0 saturated heterocycles. The molecule has 0 radical (unpaired) electrons. The fourth-order valence-electron chi connectivity index (χ4n) is 2.69. The van der Waals surface area contributed by atoms with Crippen molar-refractivity contribution in [2.24, 2.45) is 0 Å². The summed E-state index contributed by atoms with van der Waals surface area (Å²) < 4.78 is 7.30. The lowest BCUT2D eigenvalue weighted by Gasteiger charge is -2.09. The van der Waals surface area contributed by atoms with Gasteiger partial charge >= 0.3 is 0 Å². The quantitative estimate of drug-likeness (QED) is 0.490. The van der Waals surface area contributed by atoms with Gasteiger partial charge in [0.1, 0.15) is 11.8 Å². The molecule has 0 fully saturated rings. The Kier molecular flexibility index (Phi) is 5.56. The Hall–Kier alpha value is -3.85. The van der Waals surface area contributed by atoms with Gasteiger partial charge in [-0.1, -0.05) is 18.2 Å². The summed E-state index contributed by atoms with van der Waals surface area (Å²) in [6.45, 7) is 3.89. The molecule has 1 heterocycles. The molecule has 0 amide bonds. The van der Waals surface area contributed by atoms with Crippen molar-refractivity contribution in [3.63, 3.8) is 0 Å². The number of aromatic nitrogens is 2. The van der Waals surface area contributed by atoms with Crippen LogP contribution >= 0.6 is 0 Å². The maximum absolute atomic E-state index is 11.2. The molecule has 2 aromatic carbocycles. The van der Waals surface area contributed by atoms with Crippen LogP contribution in [0.4, 0.5) is 0 Å². The summed E-state index contributed by atoms with van der Waals surface area (Å²) in [5, 5.41) is 24.8. The van der Waals surface area contributed by atoms with Crippen LogP contribution in [0.3, 0.4) is 0 Å². The highest BCUT2D eigenvalue weighted by atomic mass is 16.5. The van der Waals surface area contributed by atoms with Gasteiger partial charge in [0.05, 0.1) is 29.0 Å². The summed E-state index contributed by atoms with van der Waals surface area (Å²) in [5.74, 6) is -0.799. The fourth-order valence-corrected chi connectivity index (χ4v) is 2.69. The van der Waals surface area contributed by atoms with Crippen molar-refractivity contribution >= 4 is 12.0 Å². The zero-order valence-electron chi connectivity index (χ0n) is 15.5. The monoisotopic (exact) mass is 372 g/mol. The van der Waals surface area contributed by atoms with Crippen LogP contribution in [0, 0.1) is 11.3 Å². The first-order chi connectivity index (χ1) is 13.5. The summed E-state index contributed by atoms with van der Waals surface area (Å²) in [6.07, 6.45) is 3.02. The third kappa shape index (κ3) is 4.27. The molecule has 3 rings (SSSR count). The van der Waals surface area contributed by atoms with Gasteiger partial charge in [-0.2, -0.15) is 10.4 Å². The molecular formula is C22H18N3O3-. The van der Waals surface area contributed by atoms with Gasteiger partial charge in [-0.25, -0.2) is 4.68 Å². The molecule has 0 aliphatic heterocycles. The second kappa shape index (κ2) is 8.23. The van der Waals surface area contributed by atoms with E-state index in [0.717, 1.165) is 17.0 Å². The number of hydrogen-bond acceptors (Lipinski definition) is 5. The van der Waals surface area contributed by atoms with Gasteiger partial charge < -0.3 is 14.6 Å². The standard InChI is InChI=1S/C22H19N3O3/c1-15(2)28-20-10-8-16(9-11-20)21-18(12-17(13-23)22(26)27)14-25(24-21)19-6-4-3-5-7-19/h3-12,14-15H,1-2H3,(H,26,27)/p-1/b17-12+. The molecule has 0 aliphatic carbocycles. The fraction of sp³-hybridized carbons (Fsp3) is 0.136. The number of nitriles is 1. The maximum atomic E-state index is 11.2. The van der Waals surface area contributed by atoms with E-state index in [-0.39, 0.29) is 6.10 Å². The molecule has 1 aromatic heterocycles. The zero-order chi connectivity index (χ0) is 20.1. The van der Waals surface area contributed by atoms with Gasteiger partial charge in [0.2, 0.25) is 0 Å². The van der Waals surface area contributed by atoms with Crippen molar-refractivity contribution in [1.82, 2.24) is 9.78 Å². The van der Waals surface area contributed by atoms with E-state index in [1.165, 1.54) is 6.08 Å². The largest absolute Gasteiger partial charge is 0.544 e. The molecule has 0 atom stereocenters. The average Bonchev–Trinajstić information content (AvgIpc) is 3.10. The number of carboxylic acid groups (broad SMARTS) is 1. The van der Waals surface area contributed by atoms with Crippen LogP contribution in [0.25, 0.3) is 23.0 Å². The Bertz CT molecular complexity index is 1040. The highest BCUT2D eigenvalue weighted by Gasteiger charge is 2.13. The number of ether oxygens (including phenoxy) is 1. The Labute approximate surface area is 162 Å². The van der Waals surface area contributed by atoms with Crippen molar-refractivity contribution in [2.45, 2.75) is 20.0 Å². The van der Waals surface area contributed by atoms with E-state index >= 15 is 0 Å². The second-order valence-corrected chi connectivity index (χ2v) is 6.36. The third-order valence-corrected chi connectivity index (χ3v) is 3.90. The van der Waals surface area contributed by atoms with E-state index in [1.807, 2.05) is 68.4 Å². The first kappa shape index (κ1) is 18.9. The average molecular weight is 372 g/mol. The summed E-state index contributed by atoms with van der Waals surface area (Å²) in [6, 6.07) is 18.4. The van der Waals surface area contributed by atoms with Crippen molar-refractivity contribution in [1.29, 1.82) is 5.26 Å². The summed E-state index contributed by atoms with van der Waals surface area (Å²) in [7, 11) is 0. The summed E-state index contributed by atoms with van der Waals surface area (Å²) in [5.41, 5.74) is 2.17. The molecule has 0 aliphatic rings. The smallest absolute Gasteiger partial charge is 0.119 e. The van der Waals surface area contributed by atoms with E-state index in [4.69, 9.17) is 10.00 Å². The van der Waals surface area contributed by atoms with Crippen LogP contribution in [-0.2, 0) is 4.79 Å². The van der Waals surface area contributed by atoms with Crippen LogP contribution in [-0.4, -0.2) is 21.9 Å². The third-order valence-electron chi connectivity index (χ3n) is 3.90. The number of carbonyl (C=O) groups is 1. The first-order valence-corrected chi connectivity index (χ1v) is 8.73. The highest BCUT2D eigenvalue weighted by molar-refractivity contribution is 5.96. The molecule has 0 bridgehead atoms. The van der Waals surface area contributed by atoms with Gasteiger partial charge in [0.15, 0.2) is 0 Å². The molecule has 28 heavy (non-hydrogen) atoms. The lowest BCUT2D eigenvalue weighted by atomic mass is 10.1. The minimum absolute atomic E-state index is 0.0582. The van der Waals surface area contributed by atoms with Crippen molar-refractivity contribution in [3.8, 4) is 28.8 Å². The maximum Gasteiger partial charge on any atom is 0.119 e. The SMILES string of the molecule is CC(C)Oc1ccc(-c2nn(-c3ccccc3)cc2/C=C(\C#N)C(=O)[O-])cc1. The highest BCUT2D eigenvalue weighted by Crippen LogP contribution is 2.27. The number of benzene rings is 2. The van der Waals surface area contributed by atoms with E-state index in [9.17, 15) is 9.90 Å². The van der Waals surface area contributed by atoms with Crippen LogP contribution < -0.4 is 9.84 Å². The summed E-state index contributed by atoms with van der Waals surface area (Å²) >= 11 is 0. The Morgan fingerprint density at radius 3 is 2.43 bits per heavy atom. The van der Waals surface area contributed by atoms with Crippen molar-refractivity contribution < 1.29 is 14.6 Å². The Balaban J connectivity index is 2.09. The van der Waals surface area contributed by atoms with Crippen LogP contribution in [0.1, 0.15) is 19.4 Å². The molecule has 0 saturated carbocycles. The molecule has 3 aromatic rings. The van der Waals surface area contributed by atoms with Crippen LogP contribution in [0.2, 0.25) is 0 Å². The van der Waals surface area contributed by atoms with Crippen LogP contribution in [0.15, 0.2) is 66.4 Å². The molecule has 6 nitrogen and oxygen atoms in total. The molecular weight excluding hydrogens is 354 g/mol. The number of carboxylic acids is 1. The molecule has 0 spiro atoms. The second-order valence-electron chi connectivity index (χ2n) is 6.36. The van der Waals surface area contributed by atoms with Gasteiger partial charge in [0, 0.05) is 17.3 Å². The number of hydrogen-bond donors (Lipinski definition) is 0. The normalized spacial score (nSPS) is 11.3. The summed E-state index contributed by atoms with van der Waals surface area (Å²) in [4.78, 5) is 11.2. The number of para-hydroxylation sites is 1. The molecule has 140 valence electrons. The number of aliphatic carboxylic acids is 1. The van der Waals surface area contributed by atoms with Crippen molar-refractivity contribution in [2.75, 3.05) is 0 Å². The molecule has 6 heteroatoms. The van der Waals surface area contributed by atoms with E-state index in [0.29, 0.717) is 11.3 Å². The van der Waals surface area contributed by atoms with E-state index in [2.05, 4.69) is 5.10 Å². The molecule has 0 N–H and O–H groups in total. The van der Waals surface area contributed by atoms with E-state index < -0.39 is 11.5 Å². The Morgan fingerprint density at radius 1 is 1.18 bits per heavy atom. The van der Waals surface area contributed by atoms with Gasteiger partial charge in [-0.05, 0) is 56.3 Å². The number of carbonyl (C=O) groups excluding carboxylic acids is 1. The lowest BCUT2D eigenvalue weighted by Crippen LogP contribution is -2.23. The van der Waals surface area contributed by atoms with Crippen molar-refractivity contribution in [3.05, 3.63) is 71.9 Å². The predicted molar refractivity (Wildman–Crippen MR) is 103 cm³/mol. The van der Waals surface area contributed by atoms with Crippen LogP contribution in [0.5, 0.6) is 5.75 Å². The lowest BCUT2D eigenvalue weighted by molar-refractivity contribution is -0.298. The minimum Gasteiger partial charge on any atom is -0.544 e. The Morgan fingerprint density at radius 2 is 1.86 bits per heavy atom. The van der Waals surface area contributed by atoms with Gasteiger partial charge in [0.25, 0.3) is 0 Å². The van der Waals surface area contributed by atoms with E-state index in [1.54, 1.807) is 16.9 Å². The number of rotatable bonds is 6. The predicted octanol–water partition coefficient (Wildman–Crippen LogP) is 2.98. The van der Waals surface area contributed by atoms with Gasteiger partial charge in [-0.15, -0.1) is 0 Å². The minimum atomic E-state index is -1.53. The topological polar surface area (TPSA) is 91.0 Å². The zero-order valence-corrected chi connectivity index (χ0v) is 15.5.